The lowest BCUT2D eigenvalue weighted by Crippen LogP contribution is -2.52. The lowest BCUT2D eigenvalue weighted by atomic mass is 10.0. The van der Waals surface area contributed by atoms with Gasteiger partial charge in [0.15, 0.2) is 5.96 Å². The molecule has 0 spiro atoms. The van der Waals surface area contributed by atoms with Gasteiger partial charge in [-0.3, -0.25) is 14.8 Å². The average molecular weight is 384 g/mol. The molecule has 2 atom stereocenters. The number of morpholine rings is 2. The second-order valence-corrected chi connectivity index (χ2v) is 8.08. The standard InChI is InChI=1S/C20H41N5O2/c1-5-21-20(22-14-18(4)16-24-6-10-26-11-7-24)23-15-19(17(2)3)25-8-12-27-13-9-25/h17-19H,5-16H2,1-4H3,(H2,21,22,23). The van der Waals surface area contributed by atoms with Crippen LogP contribution in [0.2, 0.25) is 0 Å². The predicted molar refractivity (Wildman–Crippen MR) is 111 cm³/mol. The quantitative estimate of drug-likeness (QED) is 0.455. The zero-order chi connectivity index (χ0) is 19.5. The molecule has 2 saturated heterocycles. The van der Waals surface area contributed by atoms with E-state index in [2.05, 4.69) is 48.1 Å². The van der Waals surface area contributed by atoms with E-state index in [-0.39, 0.29) is 0 Å². The van der Waals surface area contributed by atoms with Crippen molar-refractivity contribution in [3.8, 4) is 0 Å². The molecule has 2 unspecified atom stereocenters. The van der Waals surface area contributed by atoms with Crippen LogP contribution in [-0.4, -0.2) is 101 Å². The summed E-state index contributed by atoms with van der Waals surface area (Å²) in [5, 5.41) is 6.98. The molecule has 0 aliphatic carbocycles. The van der Waals surface area contributed by atoms with Gasteiger partial charge in [-0.05, 0) is 18.8 Å². The highest BCUT2D eigenvalue weighted by Crippen LogP contribution is 2.12. The van der Waals surface area contributed by atoms with Gasteiger partial charge in [-0.1, -0.05) is 20.8 Å². The Kier molecular flexibility index (Phi) is 10.4. The molecular formula is C20H41N5O2. The number of hydrogen-bond donors (Lipinski definition) is 2. The van der Waals surface area contributed by atoms with Gasteiger partial charge in [0.1, 0.15) is 0 Å². The molecule has 2 heterocycles. The molecule has 7 nitrogen and oxygen atoms in total. The summed E-state index contributed by atoms with van der Waals surface area (Å²) >= 11 is 0. The van der Waals surface area contributed by atoms with Gasteiger partial charge in [0, 0.05) is 58.4 Å². The average Bonchev–Trinajstić information content (AvgIpc) is 2.67. The van der Waals surface area contributed by atoms with E-state index in [9.17, 15) is 0 Å². The summed E-state index contributed by atoms with van der Waals surface area (Å²) in [6.07, 6.45) is 0. The Hall–Kier alpha value is -0.890. The van der Waals surface area contributed by atoms with Gasteiger partial charge in [-0.25, -0.2) is 0 Å². The molecule has 2 rings (SSSR count). The number of guanidine groups is 1. The normalized spacial score (nSPS) is 22.6. The highest BCUT2D eigenvalue weighted by atomic mass is 16.5. The largest absolute Gasteiger partial charge is 0.379 e. The number of nitrogens with zero attached hydrogens (tertiary/aromatic N) is 3. The van der Waals surface area contributed by atoms with Crippen LogP contribution in [0.4, 0.5) is 0 Å². The van der Waals surface area contributed by atoms with Crippen LogP contribution in [0.15, 0.2) is 4.99 Å². The highest BCUT2D eigenvalue weighted by molar-refractivity contribution is 5.79. The minimum absolute atomic E-state index is 0.503. The molecule has 2 aliphatic heterocycles. The van der Waals surface area contributed by atoms with Crippen LogP contribution in [0.25, 0.3) is 0 Å². The summed E-state index contributed by atoms with van der Waals surface area (Å²) in [6.45, 7) is 20.3. The molecule has 2 N–H and O–H groups in total. The van der Waals surface area contributed by atoms with Crippen LogP contribution < -0.4 is 10.6 Å². The molecule has 0 aromatic heterocycles. The SMILES string of the molecule is CCNC(=NCC(C)CN1CCOCC1)NCC(C(C)C)N1CCOCC1. The van der Waals surface area contributed by atoms with Crippen LogP contribution in [0, 0.1) is 11.8 Å². The first kappa shape index (κ1) is 22.4. The molecule has 0 aromatic carbocycles. The molecular weight excluding hydrogens is 342 g/mol. The van der Waals surface area contributed by atoms with Crippen LogP contribution in [0.3, 0.4) is 0 Å². The molecule has 158 valence electrons. The Balaban J connectivity index is 1.81. The summed E-state index contributed by atoms with van der Waals surface area (Å²) in [4.78, 5) is 9.88. The second kappa shape index (κ2) is 12.5. The predicted octanol–water partition coefficient (Wildman–Crippen LogP) is 0.867. The van der Waals surface area contributed by atoms with Gasteiger partial charge in [-0.2, -0.15) is 0 Å². The third-order valence-electron chi connectivity index (χ3n) is 5.34. The summed E-state index contributed by atoms with van der Waals surface area (Å²) in [5.41, 5.74) is 0. The van der Waals surface area contributed by atoms with Crippen molar-refractivity contribution < 1.29 is 9.47 Å². The summed E-state index contributed by atoms with van der Waals surface area (Å²) in [6, 6.07) is 0.503. The minimum Gasteiger partial charge on any atom is -0.379 e. The maximum absolute atomic E-state index is 5.51. The number of aliphatic imine (C=N–C) groups is 1. The van der Waals surface area contributed by atoms with Crippen molar-refractivity contribution in [2.45, 2.75) is 33.7 Å². The zero-order valence-electron chi connectivity index (χ0n) is 17.9. The summed E-state index contributed by atoms with van der Waals surface area (Å²) in [7, 11) is 0. The van der Waals surface area contributed by atoms with Crippen molar-refractivity contribution in [2.75, 3.05) is 78.8 Å². The number of ether oxygens (including phenoxy) is 2. The Morgan fingerprint density at radius 3 is 2.19 bits per heavy atom. The van der Waals surface area contributed by atoms with Gasteiger partial charge in [0.05, 0.1) is 26.4 Å². The molecule has 0 bridgehead atoms. The molecule has 2 aliphatic rings. The first-order chi connectivity index (χ1) is 13.1. The van der Waals surface area contributed by atoms with Crippen LogP contribution in [-0.2, 0) is 9.47 Å². The van der Waals surface area contributed by atoms with Crippen molar-refractivity contribution in [1.82, 2.24) is 20.4 Å². The molecule has 2 fully saturated rings. The first-order valence-corrected chi connectivity index (χ1v) is 10.7. The summed E-state index contributed by atoms with van der Waals surface area (Å²) in [5.74, 6) is 2.07. The molecule has 0 aromatic rings. The van der Waals surface area contributed by atoms with Crippen LogP contribution >= 0.6 is 0 Å². The van der Waals surface area contributed by atoms with Gasteiger partial charge in [-0.15, -0.1) is 0 Å². The molecule has 27 heavy (non-hydrogen) atoms. The topological polar surface area (TPSA) is 61.4 Å². The Bertz CT molecular complexity index is 421. The van der Waals surface area contributed by atoms with Gasteiger partial charge in [0.25, 0.3) is 0 Å². The zero-order valence-corrected chi connectivity index (χ0v) is 17.9. The van der Waals surface area contributed by atoms with Crippen molar-refractivity contribution >= 4 is 5.96 Å². The second-order valence-electron chi connectivity index (χ2n) is 8.08. The maximum atomic E-state index is 5.51. The van der Waals surface area contributed by atoms with E-state index in [1.54, 1.807) is 0 Å². The lowest BCUT2D eigenvalue weighted by Gasteiger charge is -2.37. The molecule has 0 saturated carbocycles. The fourth-order valence-corrected chi connectivity index (χ4v) is 3.77. The fraction of sp³-hybridized carbons (Fsp3) is 0.950. The summed E-state index contributed by atoms with van der Waals surface area (Å²) < 4.78 is 10.9. The van der Waals surface area contributed by atoms with Crippen molar-refractivity contribution in [1.29, 1.82) is 0 Å². The van der Waals surface area contributed by atoms with Gasteiger partial charge < -0.3 is 20.1 Å². The third-order valence-corrected chi connectivity index (χ3v) is 5.34. The highest BCUT2D eigenvalue weighted by Gasteiger charge is 2.24. The number of nitrogens with one attached hydrogen (secondary N) is 2. The van der Waals surface area contributed by atoms with E-state index in [1.807, 2.05) is 0 Å². The Labute approximate surface area is 165 Å². The lowest BCUT2D eigenvalue weighted by molar-refractivity contribution is 0.00752. The first-order valence-electron chi connectivity index (χ1n) is 10.7. The third kappa shape index (κ3) is 8.34. The monoisotopic (exact) mass is 383 g/mol. The molecule has 7 heteroatoms. The van der Waals surface area contributed by atoms with Crippen molar-refractivity contribution in [3.05, 3.63) is 0 Å². The van der Waals surface area contributed by atoms with Gasteiger partial charge >= 0.3 is 0 Å². The van der Waals surface area contributed by atoms with E-state index in [0.717, 1.165) is 84.7 Å². The number of rotatable bonds is 9. The van der Waals surface area contributed by atoms with E-state index in [0.29, 0.717) is 17.9 Å². The van der Waals surface area contributed by atoms with E-state index in [1.165, 1.54) is 0 Å². The fourth-order valence-electron chi connectivity index (χ4n) is 3.77. The minimum atomic E-state index is 0.503. The van der Waals surface area contributed by atoms with Gasteiger partial charge in [0.2, 0.25) is 0 Å². The molecule has 0 amide bonds. The number of hydrogen-bond acceptors (Lipinski definition) is 5. The van der Waals surface area contributed by atoms with Crippen LogP contribution in [0.1, 0.15) is 27.7 Å². The van der Waals surface area contributed by atoms with E-state index < -0.39 is 0 Å². The Morgan fingerprint density at radius 1 is 0.963 bits per heavy atom. The van der Waals surface area contributed by atoms with Crippen molar-refractivity contribution in [2.24, 2.45) is 16.8 Å². The van der Waals surface area contributed by atoms with Crippen molar-refractivity contribution in [3.63, 3.8) is 0 Å². The van der Waals surface area contributed by atoms with E-state index >= 15 is 0 Å². The smallest absolute Gasteiger partial charge is 0.191 e. The van der Waals surface area contributed by atoms with Crippen LogP contribution in [0.5, 0.6) is 0 Å². The van der Waals surface area contributed by atoms with E-state index in [4.69, 9.17) is 14.5 Å². The Morgan fingerprint density at radius 2 is 1.59 bits per heavy atom. The maximum Gasteiger partial charge on any atom is 0.191 e. The molecule has 0 radical (unpaired) electrons.